The van der Waals surface area contributed by atoms with E-state index >= 15 is 0 Å². The van der Waals surface area contributed by atoms with Crippen LogP contribution in [0.2, 0.25) is 5.02 Å². The molecule has 40 heavy (non-hydrogen) atoms. The zero-order chi connectivity index (χ0) is 27.3. The van der Waals surface area contributed by atoms with Crippen molar-refractivity contribution in [1.29, 1.82) is 0 Å². The summed E-state index contributed by atoms with van der Waals surface area (Å²) in [6, 6.07) is 20.7. The quantitative estimate of drug-likeness (QED) is 0.164. The van der Waals surface area contributed by atoms with Gasteiger partial charge in [-0.05, 0) is 91.2 Å². The number of ether oxygens (including phenoxy) is 1. The van der Waals surface area contributed by atoms with Gasteiger partial charge in [0, 0.05) is 35.6 Å². The fourth-order valence-electron chi connectivity index (χ4n) is 4.95. The number of piperidine rings is 1. The zero-order valence-corrected chi connectivity index (χ0v) is 22.6. The van der Waals surface area contributed by atoms with Crippen molar-refractivity contribution in [2.24, 2.45) is 0 Å². The van der Waals surface area contributed by atoms with E-state index in [4.69, 9.17) is 16.3 Å². The van der Waals surface area contributed by atoms with E-state index in [2.05, 4.69) is 49.1 Å². The van der Waals surface area contributed by atoms with E-state index in [-0.39, 0.29) is 12.4 Å². The van der Waals surface area contributed by atoms with E-state index in [1.54, 1.807) is 24.5 Å². The monoisotopic (exact) mass is 556 g/mol. The fourth-order valence-corrected chi connectivity index (χ4v) is 5.18. The van der Waals surface area contributed by atoms with E-state index in [0.717, 1.165) is 71.5 Å². The molecule has 5 aromatic rings. The number of aromatic amines is 1. The first-order valence-electron chi connectivity index (χ1n) is 13.4. The molecule has 2 aromatic heterocycles. The fraction of sp³-hybridized carbons (Fsp3) is 0.226. The van der Waals surface area contributed by atoms with Crippen LogP contribution in [0.15, 0.2) is 79.3 Å². The number of H-pyrrole nitrogens is 1. The van der Waals surface area contributed by atoms with Crippen molar-refractivity contribution in [2.75, 3.05) is 18.4 Å². The summed E-state index contributed by atoms with van der Waals surface area (Å²) in [5.41, 5.74) is 5.68. The molecule has 0 saturated carbocycles. The van der Waals surface area contributed by atoms with Gasteiger partial charge in [-0.3, -0.25) is 0 Å². The second-order valence-corrected chi connectivity index (χ2v) is 10.4. The number of halogens is 2. The smallest absolute Gasteiger partial charge is 0.141 e. The lowest BCUT2D eigenvalue weighted by atomic mass is 10.1. The van der Waals surface area contributed by atoms with Gasteiger partial charge < -0.3 is 25.7 Å². The van der Waals surface area contributed by atoms with Crippen LogP contribution in [0.4, 0.5) is 15.9 Å². The lowest BCUT2D eigenvalue weighted by Crippen LogP contribution is -2.39. The minimum atomic E-state index is -0.298. The van der Waals surface area contributed by atoms with Crippen molar-refractivity contribution in [3.05, 3.63) is 101 Å². The third-order valence-corrected chi connectivity index (χ3v) is 7.41. The van der Waals surface area contributed by atoms with Crippen LogP contribution in [0.25, 0.3) is 22.0 Å². The molecule has 1 fully saturated rings. The third-order valence-electron chi connectivity index (χ3n) is 7.11. The maximum Gasteiger partial charge on any atom is 0.141 e. The Morgan fingerprint density at radius 1 is 0.975 bits per heavy atom. The number of fused-ring (bicyclic) bond motifs is 1. The molecule has 0 amide bonds. The van der Waals surface area contributed by atoms with Crippen LogP contribution >= 0.6 is 11.6 Å². The van der Waals surface area contributed by atoms with Gasteiger partial charge in [0.05, 0.1) is 10.5 Å². The van der Waals surface area contributed by atoms with Crippen LogP contribution in [-0.2, 0) is 13.2 Å². The molecule has 6 rings (SSSR count). The number of hydrogen-bond donors (Lipinski definition) is 4. The SMILES string of the molecule is Fc1cccc(COc2ccc(Nc3ncnc4ccc(-c5c[nH]c(CNC6CCNCC6)c5)cc34)cc2Cl)c1. The molecule has 1 aliphatic rings. The Morgan fingerprint density at radius 2 is 1.88 bits per heavy atom. The van der Waals surface area contributed by atoms with Crippen molar-refractivity contribution in [1.82, 2.24) is 25.6 Å². The summed E-state index contributed by atoms with van der Waals surface area (Å²) in [6.07, 6.45) is 5.90. The largest absolute Gasteiger partial charge is 0.487 e. The topological polar surface area (TPSA) is 86.9 Å². The molecule has 0 spiro atoms. The van der Waals surface area contributed by atoms with Crippen molar-refractivity contribution < 1.29 is 9.13 Å². The number of rotatable bonds is 9. The average Bonchev–Trinajstić information content (AvgIpc) is 3.45. The molecule has 1 aliphatic heterocycles. The summed E-state index contributed by atoms with van der Waals surface area (Å²) in [7, 11) is 0. The number of nitrogens with zero attached hydrogens (tertiary/aromatic N) is 2. The summed E-state index contributed by atoms with van der Waals surface area (Å²) in [5.74, 6) is 0.900. The molecule has 0 atom stereocenters. The van der Waals surface area contributed by atoms with Gasteiger partial charge in [0.2, 0.25) is 0 Å². The van der Waals surface area contributed by atoms with Crippen LogP contribution in [0.5, 0.6) is 5.75 Å². The van der Waals surface area contributed by atoms with Crippen molar-refractivity contribution >= 4 is 34.0 Å². The van der Waals surface area contributed by atoms with Crippen molar-refractivity contribution in [3.63, 3.8) is 0 Å². The van der Waals surface area contributed by atoms with Gasteiger partial charge in [-0.2, -0.15) is 0 Å². The first-order valence-corrected chi connectivity index (χ1v) is 13.8. The molecule has 1 saturated heterocycles. The average molecular weight is 557 g/mol. The summed E-state index contributed by atoms with van der Waals surface area (Å²) in [5, 5.41) is 11.8. The molecule has 0 bridgehead atoms. The number of nitrogens with one attached hydrogen (secondary N) is 4. The molecule has 0 radical (unpaired) electrons. The maximum absolute atomic E-state index is 13.5. The van der Waals surface area contributed by atoms with Crippen LogP contribution in [0.1, 0.15) is 24.1 Å². The Kier molecular flexibility index (Phi) is 7.90. The minimum absolute atomic E-state index is 0.221. The summed E-state index contributed by atoms with van der Waals surface area (Å²) in [4.78, 5) is 12.4. The molecule has 3 heterocycles. The summed E-state index contributed by atoms with van der Waals surface area (Å²) < 4.78 is 19.3. The summed E-state index contributed by atoms with van der Waals surface area (Å²) in [6.45, 7) is 3.18. The Hall–Kier alpha value is -3.98. The maximum atomic E-state index is 13.5. The van der Waals surface area contributed by atoms with Crippen LogP contribution in [0, 0.1) is 5.82 Å². The van der Waals surface area contributed by atoms with Crippen LogP contribution < -0.4 is 20.7 Å². The van der Waals surface area contributed by atoms with E-state index in [0.29, 0.717) is 22.6 Å². The molecular weight excluding hydrogens is 527 g/mol. The van der Waals surface area contributed by atoms with Crippen molar-refractivity contribution in [2.45, 2.75) is 32.0 Å². The minimum Gasteiger partial charge on any atom is -0.487 e. The van der Waals surface area contributed by atoms with E-state index in [9.17, 15) is 4.39 Å². The predicted octanol–water partition coefficient (Wildman–Crippen LogP) is 6.58. The second-order valence-electron chi connectivity index (χ2n) is 9.96. The summed E-state index contributed by atoms with van der Waals surface area (Å²) >= 11 is 6.51. The van der Waals surface area contributed by atoms with Gasteiger partial charge in [0.1, 0.15) is 30.3 Å². The highest BCUT2D eigenvalue weighted by Gasteiger charge is 2.13. The Labute approximate surface area is 237 Å². The van der Waals surface area contributed by atoms with Gasteiger partial charge in [-0.25, -0.2) is 14.4 Å². The van der Waals surface area contributed by atoms with Gasteiger partial charge >= 0.3 is 0 Å². The van der Waals surface area contributed by atoms with E-state index < -0.39 is 0 Å². The highest BCUT2D eigenvalue weighted by Crippen LogP contribution is 2.32. The van der Waals surface area contributed by atoms with Crippen LogP contribution in [0.3, 0.4) is 0 Å². The van der Waals surface area contributed by atoms with Gasteiger partial charge in [-0.15, -0.1) is 0 Å². The standard InChI is InChI=1S/C31H30ClFN6O/c32-28-15-25(5-7-30(28)40-18-20-2-1-3-23(33)12-20)39-31-27-14-21(4-6-29(27)37-19-38-31)22-13-26(35-16-22)17-36-24-8-10-34-11-9-24/h1-7,12-16,19,24,34-36H,8-11,17-18H2,(H,37,38,39). The van der Waals surface area contributed by atoms with Gasteiger partial charge in [0.15, 0.2) is 0 Å². The molecule has 0 unspecified atom stereocenters. The molecule has 0 aliphatic carbocycles. The lowest BCUT2D eigenvalue weighted by Gasteiger charge is -2.23. The molecular formula is C31H30ClFN6O. The number of benzene rings is 3. The first-order chi connectivity index (χ1) is 19.6. The molecule has 4 N–H and O–H groups in total. The van der Waals surface area contributed by atoms with Gasteiger partial charge in [0.25, 0.3) is 0 Å². The normalized spacial score (nSPS) is 13.9. The lowest BCUT2D eigenvalue weighted by molar-refractivity contribution is 0.306. The zero-order valence-electron chi connectivity index (χ0n) is 21.9. The van der Waals surface area contributed by atoms with Crippen LogP contribution in [-0.4, -0.2) is 34.1 Å². The molecule has 9 heteroatoms. The Bertz CT molecular complexity index is 1620. The van der Waals surface area contributed by atoms with Crippen molar-refractivity contribution in [3.8, 4) is 16.9 Å². The highest BCUT2D eigenvalue weighted by molar-refractivity contribution is 6.32. The molecule has 3 aromatic carbocycles. The molecule has 204 valence electrons. The van der Waals surface area contributed by atoms with Gasteiger partial charge in [-0.1, -0.05) is 29.8 Å². The Morgan fingerprint density at radius 3 is 2.73 bits per heavy atom. The Balaban J connectivity index is 1.16. The third kappa shape index (κ3) is 6.25. The second kappa shape index (κ2) is 12.0. The first kappa shape index (κ1) is 26.3. The highest BCUT2D eigenvalue weighted by atomic mass is 35.5. The number of hydrogen-bond acceptors (Lipinski definition) is 6. The van der Waals surface area contributed by atoms with E-state index in [1.165, 1.54) is 12.1 Å². The van der Waals surface area contributed by atoms with E-state index in [1.807, 2.05) is 24.4 Å². The number of anilines is 2. The predicted molar refractivity (Wildman–Crippen MR) is 158 cm³/mol. The number of aromatic nitrogens is 3. The molecule has 7 nitrogen and oxygen atoms in total.